The first-order valence-electron chi connectivity index (χ1n) is 8.03. The fourth-order valence-electron chi connectivity index (χ4n) is 3.02. The number of nitrogens with zero attached hydrogens (tertiary/aromatic N) is 2. The summed E-state index contributed by atoms with van der Waals surface area (Å²) in [5, 5.41) is 2.89. The van der Waals surface area contributed by atoms with E-state index in [1.54, 1.807) is 0 Å². The number of ether oxygens (including phenoxy) is 1. The highest BCUT2D eigenvalue weighted by molar-refractivity contribution is 7.88. The van der Waals surface area contributed by atoms with Crippen molar-refractivity contribution < 1.29 is 17.9 Å². The zero-order valence-electron chi connectivity index (χ0n) is 13.3. The Kier molecular flexibility index (Phi) is 6.61. The molecule has 2 aliphatic rings. The van der Waals surface area contributed by atoms with Crippen LogP contribution in [0.25, 0.3) is 0 Å². The predicted octanol–water partition coefficient (Wildman–Crippen LogP) is -0.361. The number of sulfonamides is 1. The average Bonchev–Trinajstić information content (AvgIpc) is 2.51. The van der Waals surface area contributed by atoms with Crippen molar-refractivity contribution in [2.24, 2.45) is 0 Å². The molecule has 8 heteroatoms. The highest BCUT2D eigenvalue weighted by Crippen LogP contribution is 2.19. The van der Waals surface area contributed by atoms with Gasteiger partial charge in [0.1, 0.15) is 6.04 Å². The van der Waals surface area contributed by atoms with Gasteiger partial charge in [0.2, 0.25) is 15.9 Å². The van der Waals surface area contributed by atoms with Gasteiger partial charge in [0.05, 0.1) is 19.5 Å². The van der Waals surface area contributed by atoms with Crippen molar-refractivity contribution in [3.63, 3.8) is 0 Å². The first kappa shape index (κ1) is 17.7. The van der Waals surface area contributed by atoms with E-state index in [2.05, 4.69) is 10.2 Å². The van der Waals surface area contributed by atoms with Crippen LogP contribution in [0.3, 0.4) is 0 Å². The standard InChI is InChI=1S/C14H27N3O4S/c1-22(19,20)17-8-3-2-5-13(17)14(18)15-6-4-7-16-9-11-21-12-10-16/h13H,2-12H2,1H3,(H,15,18). The third-order valence-corrected chi connectivity index (χ3v) is 5.53. The molecule has 1 amide bonds. The monoisotopic (exact) mass is 333 g/mol. The second-order valence-corrected chi connectivity index (χ2v) is 7.92. The van der Waals surface area contributed by atoms with Gasteiger partial charge in [-0.15, -0.1) is 0 Å². The summed E-state index contributed by atoms with van der Waals surface area (Å²) in [4.78, 5) is 14.6. The van der Waals surface area contributed by atoms with E-state index in [1.807, 2.05) is 0 Å². The first-order chi connectivity index (χ1) is 10.5. The van der Waals surface area contributed by atoms with Crippen LogP contribution in [0.15, 0.2) is 0 Å². The zero-order chi connectivity index (χ0) is 16.0. The summed E-state index contributed by atoms with van der Waals surface area (Å²) < 4.78 is 30.2. The Morgan fingerprint density at radius 2 is 1.95 bits per heavy atom. The molecule has 128 valence electrons. The van der Waals surface area contributed by atoms with Crippen molar-refractivity contribution in [3.05, 3.63) is 0 Å². The number of rotatable bonds is 6. The first-order valence-corrected chi connectivity index (χ1v) is 9.88. The molecule has 2 aliphatic heterocycles. The van der Waals surface area contributed by atoms with Crippen molar-refractivity contribution >= 4 is 15.9 Å². The molecule has 0 spiro atoms. The van der Waals surface area contributed by atoms with Crippen molar-refractivity contribution in [1.82, 2.24) is 14.5 Å². The molecule has 0 aromatic heterocycles. The number of hydrogen-bond donors (Lipinski definition) is 1. The molecule has 1 unspecified atom stereocenters. The molecule has 2 heterocycles. The Labute approximate surface area is 133 Å². The molecule has 0 radical (unpaired) electrons. The van der Waals surface area contributed by atoms with Crippen molar-refractivity contribution in [2.75, 3.05) is 52.2 Å². The van der Waals surface area contributed by atoms with Gasteiger partial charge < -0.3 is 10.1 Å². The summed E-state index contributed by atoms with van der Waals surface area (Å²) >= 11 is 0. The van der Waals surface area contributed by atoms with Crippen LogP contribution < -0.4 is 5.32 Å². The fourth-order valence-corrected chi connectivity index (χ4v) is 4.14. The van der Waals surface area contributed by atoms with Crippen LogP contribution in [0.1, 0.15) is 25.7 Å². The largest absolute Gasteiger partial charge is 0.379 e. The Hall–Kier alpha value is -0.700. The maximum Gasteiger partial charge on any atom is 0.238 e. The molecule has 7 nitrogen and oxygen atoms in total. The Bertz CT molecular complexity index is 463. The summed E-state index contributed by atoms with van der Waals surface area (Å²) in [6.45, 7) is 5.41. The van der Waals surface area contributed by atoms with Gasteiger partial charge >= 0.3 is 0 Å². The minimum atomic E-state index is -3.32. The quantitative estimate of drug-likeness (QED) is 0.672. The van der Waals surface area contributed by atoms with E-state index in [4.69, 9.17) is 4.74 Å². The molecular weight excluding hydrogens is 306 g/mol. The van der Waals surface area contributed by atoms with Crippen LogP contribution in [0, 0.1) is 0 Å². The van der Waals surface area contributed by atoms with Gasteiger partial charge in [0, 0.05) is 26.2 Å². The van der Waals surface area contributed by atoms with Crippen LogP contribution in [0.4, 0.5) is 0 Å². The second-order valence-electron chi connectivity index (χ2n) is 5.98. The smallest absolute Gasteiger partial charge is 0.238 e. The third kappa shape index (κ3) is 5.19. The number of hydrogen-bond acceptors (Lipinski definition) is 5. The molecule has 0 aliphatic carbocycles. The Morgan fingerprint density at radius 1 is 1.23 bits per heavy atom. The molecule has 0 aromatic carbocycles. The minimum absolute atomic E-state index is 0.160. The number of nitrogens with one attached hydrogen (secondary N) is 1. The predicted molar refractivity (Wildman–Crippen MR) is 84.1 cm³/mol. The zero-order valence-corrected chi connectivity index (χ0v) is 14.1. The van der Waals surface area contributed by atoms with Crippen LogP contribution in [-0.2, 0) is 19.6 Å². The molecule has 22 heavy (non-hydrogen) atoms. The number of carbonyl (C=O) groups is 1. The van der Waals surface area contributed by atoms with Crippen molar-refractivity contribution in [2.45, 2.75) is 31.7 Å². The highest BCUT2D eigenvalue weighted by atomic mass is 32.2. The van der Waals surface area contributed by atoms with Crippen LogP contribution in [0.2, 0.25) is 0 Å². The molecule has 2 rings (SSSR count). The third-order valence-electron chi connectivity index (χ3n) is 4.24. The number of amides is 1. The van der Waals surface area contributed by atoms with Crippen molar-refractivity contribution in [1.29, 1.82) is 0 Å². The number of morpholine rings is 1. The summed E-state index contributed by atoms with van der Waals surface area (Å²) in [7, 11) is -3.32. The second kappa shape index (κ2) is 8.24. The van der Waals surface area contributed by atoms with Gasteiger partial charge in [-0.1, -0.05) is 6.42 Å². The lowest BCUT2D eigenvalue weighted by Gasteiger charge is -2.32. The lowest BCUT2D eigenvalue weighted by Crippen LogP contribution is -2.51. The topological polar surface area (TPSA) is 79.0 Å². The van der Waals surface area contributed by atoms with E-state index in [-0.39, 0.29) is 5.91 Å². The Morgan fingerprint density at radius 3 is 2.64 bits per heavy atom. The van der Waals surface area contributed by atoms with E-state index < -0.39 is 16.1 Å². The molecule has 0 aromatic rings. The van der Waals surface area contributed by atoms with E-state index in [0.29, 0.717) is 19.5 Å². The van der Waals surface area contributed by atoms with Gasteiger partial charge in [-0.05, 0) is 25.8 Å². The Balaban J connectivity index is 1.73. The van der Waals surface area contributed by atoms with E-state index in [9.17, 15) is 13.2 Å². The van der Waals surface area contributed by atoms with Gasteiger partial charge in [-0.2, -0.15) is 4.31 Å². The number of piperidine rings is 1. The summed E-state index contributed by atoms with van der Waals surface area (Å²) in [5.74, 6) is -0.160. The molecule has 2 saturated heterocycles. The van der Waals surface area contributed by atoms with Crippen LogP contribution in [-0.4, -0.2) is 81.8 Å². The van der Waals surface area contributed by atoms with Gasteiger partial charge in [0.25, 0.3) is 0 Å². The summed E-state index contributed by atoms with van der Waals surface area (Å²) in [5.41, 5.74) is 0. The molecular formula is C14H27N3O4S. The highest BCUT2D eigenvalue weighted by Gasteiger charge is 2.34. The maximum absolute atomic E-state index is 12.3. The maximum atomic E-state index is 12.3. The summed E-state index contributed by atoms with van der Waals surface area (Å²) in [6.07, 6.45) is 4.39. The van der Waals surface area contributed by atoms with Crippen LogP contribution in [0.5, 0.6) is 0 Å². The number of carbonyl (C=O) groups excluding carboxylic acids is 1. The van der Waals surface area contributed by atoms with E-state index >= 15 is 0 Å². The molecule has 0 bridgehead atoms. The van der Waals surface area contributed by atoms with E-state index in [1.165, 1.54) is 10.6 Å². The molecule has 0 saturated carbocycles. The van der Waals surface area contributed by atoms with Gasteiger partial charge in [-0.3, -0.25) is 9.69 Å². The van der Waals surface area contributed by atoms with Crippen LogP contribution >= 0.6 is 0 Å². The normalized spacial score (nSPS) is 25.0. The van der Waals surface area contributed by atoms with Gasteiger partial charge in [0.15, 0.2) is 0 Å². The molecule has 1 N–H and O–H groups in total. The molecule has 1 atom stereocenters. The fraction of sp³-hybridized carbons (Fsp3) is 0.929. The average molecular weight is 333 g/mol. The SMILES string of the molecule is CS(=O)(=O)N1CCCCC1C(=O)NCCCN1CCOCC1. The lowest BCUT2D eigenvalue weighted by atomic mass is 10.0. The lowest BCUT2D eigenvalue weighted by molar-refractivity contribution is -0.125. The van der Waals surface area contributed by atoms with Crippen molar-refractivity contribution in [3.8, 4) is 0 Å². The minimum Gasteiger partial charge on any atom is -0.379 e. The van der Waals surface area contributed by atoms with Gasteiger partial charge in [-0.25, -0.2) is 8.42 Å². The summed E-state index contributed by atoms with van der Waals surface area (Å²) in [6, 6.07) is -0.535. The van der Waals surface area contributed by atoms with E-state index in [0.717, 1.165) is 52.1 Å². The molecule has 2 fully saturated rings.